The van der Waals surface area contributed by atoms with Gasteiger partial charge in [-0.25, -0.2) is 4.39 Å². The molecule has 4 rings (SSSR count). The van der Waals surface area contributed by atoms with Gasteiger partial charge in [0.15, 0.2) is 0 Å². The molecule has 6 heteroatoms. The van der Waals surface area contributed by atoms with Crippen LogP contribution >= 0.6 is 0 Å². The SMILES string of the molecule is Cc1noc(C)c1-c1ccc(C2CCCN(C(=O)Cc3ccccc3F)C2)nc1. The molecule has 1 aromatic carbocycles. The zero-order chi connectivity index (χ0) is 20.4. The van der Waals surface area contributed by atoms with Crippen LogP contribution in [0.3, 0.4) is 0 Å². The van der Waals surface area contributed by atoms with Crippen molar-refractivity contribution in [2.45, 2.75) is 39.0 Å². The first-order valence-corrected chi connectivity index (χ1v) is 9.93. The molecule has 1 fully saturated rings. The van der Waals surface area contributed by atoms with Gasteiger partial charge < -0.3 is 9.42 Å². The van der Waals surface area contributed by atoms with Gasteiger partial charge in [-0.3, -0.25) is 9.78 Å². The van der Waals surface area contributed by atoms with E-state index in [0.717, 1.165) is 41.1 Å². The Morgan fingerprint density at radius 3 is 2.76 bits per heavy atom. The molecule has 0 aliphatic carbocycles. The molecule has 3 heterocycles. The third kappa shape index (κ3) is 4.06. The van der Waals surface area contributed by atoms with Crippen molar-refractivity contribution in [3.8, 4) is 11.1 Å². The number of pyridine rings is 1. The summed E-state index contributed by atoms with van der Waals surface area (Å²) in [5.74, 6) is 0.602. The molecule has 1 atom stereocenters. The Hall–Kier alpha value is -3.02. The summed E-state index contributed by atoms with van der Waals surface area (Å²) in [5, 5.41) is 4.00. The number of carbonyl (C=O) groups is 1. The maximum Gasteiger partial charge on any atom is 0.227 e. The lowest BCUT2D eigenvalue weighted by Crippen LogP contribution is -2.40. The van der Waals surface area contributed by atoms with Gasteiger partial charge in [0.1, 0.15) is 11.6 Å². The Bertz CT molecular complexity index is 994. The number of benzene rings is 1. The summed E-state index contributed by atoms with van der Waals surface area (Å²) in [4.78, 5) is 19.2. The van der Waals surface area contributed by atoms with Gasteiger partial charge in [0.05, 0.1) is 12.1 Å². The van der Waals surface area contributed by atoms with E-state index in [4.69, 9.17) is 4.52 Å². The summed E-state index contributed by atoms with van der Waals surface area (Å²) in [5.41, 5.74) is 4.23. The van der Waals surface area contributed by atoms with Crippen LogP contribution in [0.4, 0.5) is 4.39 Å². The van der Waals surface area contributed by atoms with Crippen molar-refractivity contribution in [1.82, 2.24) is 15.0 Å². The lowest BCUT2D eigenvalue weighted by molar-refractivity contribution is -0.131. The Balaban J connectivity index is 1.46. The molecule has 150 valence electrons. The number of aryl methyl sites for hydroxylation is 2. The van der Waals surface area contributed by atoms with E-state index in [9.17, 15) is 9.18 Å². The van der Waals surface area contributed by atoms with Crippen LogP contribution in [0.15, 0.2) is 47.1 Å². The Morgan fingerprint density at radius 1 is 1.24 bits per heavy atom. The molecule has 0 saturated carbocycles. The second-order valence-corrected chi connectivity index (χ2v) is 7.62. The lowest BCUT2D eigenvalue weighted by atomic mass is 9.93. The van der Waals surface area contributed by atoms with Crippen molar-refractivity contribution in [1.29, 1.82) is 0 Å². The van der Waals surface area contributed by atoms with Gasteiger partial charge in [-0.15, -0.1) is 0 Å². The molecular weight excluding hydrogens is 369 g/mol. The molecule has 0 radical (unpaired) electrons. The monoisotopic (exact) mass is 393 g/mol. The predicted molar refractivity (Wildman–Crippen MR) is 108 cm³/mol. The fraction of sp³-hybridized carbons (Fsp3) is 0.348. The van der Waals surface area contributed by atoms with E-state index in [1.54, 1.807) is 18.2 Å². The van der Waals surface area contributed by atoms with Crippen molar-refractivity contribution in [3.63, 3.8) is 0 Å². The van der Waals surface area contributed by atoms with E-state index in [1.165, 1.54) is 6.07 Å². The van der Waals surface area contributed by atoms with Crippen molar-refractivity contribution >= 4 is 5.91 Å². The largest absolute Gasteiger partial charge is 0.361 e. The van der Waals surface area contributed by atoms with E-state index in [0.29, 0.717) is 18.7 Å². The van der Waals surface area contributed by atoms with Crippen LogP contribution in [0.2, 0.25) is 0 Å². The number of piperidine rings is 1. The normalized spacial score (nSPS) is 16.8. The number of halogens is 1. The molecule has 1 amide bonds. The highest BCUT2D eigenvalue weighted by molar-refractivity contribution is 5.79. The summed E-state index contributed by atoms with van der Waals surface area (Å²) in [6.45, 7) is 5.13. The highest BCUT2D eigenvalue weighted by Gasteiger charge is 2.26. The molecule has 0 spiro atoms. The van der Waals surface area contributed by atoms with Crippen LogP contribution in [0.1, 0.15) is 41.5 Å². The maximum absolute atomic E-state index is 13.9. The van der Waals surface area contributed by atoms with Gasteiger partial charge in [0.2, 0.25) is 5.91 Å². The summed E-state index contributed by atoms with van der Waals surface area (Å²) >= 11 is 0. The van der Waals surface area contributed by atoms with Crippen LogP contribution in [0, 0.1) is 19.7 Å². The van der Waals surface area contributed by atoms with Crippen LogP contribution in [0.25, 0.3) is 11.1 Å². The Kier molecular flexibility index (Phi) is 5.43. The molecular formula is C23H24FN3O2. The number of hydrogen-bond acceptors (Lipinski definition) is 4. The third-order valence-electron chi connectivity index (χ3n) is 5.60. The van der Waals surface area contributed by atoms with E-state index in [1.807, 2.05) is 37.1 Å². The zero-order valence-electron chi connectivity index (χ0n) is 16.7. The molecule has 1 aliphatic heterocycles. The van der Waals surface area contributed by atoms with E-state index in [2.05, 4.69) is 10.1 Å². The fourth-order valence-electron chi connectivity index (χ4n) is 4.05. The van der Waals surface area contributed by atoms with E-state index in [-0.39, 0.29) is 24.1 Å². The standard InChI is InChI=1S/C23H24FN3O2/c1-15-23(16(2)29-26-15)18-9-10-21(25-13-18)19-7-5-11-27(14-19)22(28)12-17-6-3-4-8-20(17)24/h3-4,6,8-10,13,19H,5,7,11-12,14H2,1-2H3. The number of amides is 1. The van der Waals surface area contributed by atoms with Gasteiger partial charge in [-0.1, -0.05) is 29.4 Å². The third-order valence-corrected chi connectivity index (χ3v) is 5.60. The second kappa shape index (κ2) is 8.15. The molecule has 1 saturated heterocycles. The molecule has 0 bridgehead atoms. The molecule has 1 unspecified atom stereocenters. The van der Waals surface area contributed by atoms with Gasteiger partial charge in [-0.2, -0.15) is 0 Å². The molecule has 0 N–H and O–H groups in total. The van der Waals surface area contributed by atoms with Crippen molar-refractivity contribution in [2.75, 3.05) is 13.1 Å². The number of nitrogens with zero attached hydrogens (tertiary/aromatic N) is 3. The second-order valence-electron chi connectivity index (χ2n) is 7.62. The molecule has 5 nitrogen and oxygen atoms in total. The van der Waals surface area contributed by atoms with Crippen LogP contribution in [0.5, 0.6) is 0 Å². The molecule has 2 aromatic heterocycles. The van der Waals surface area contributed by atoms with Crippen LogP contribution in [-0.4, -0.2) is 34.0 Å². The minimum absolute atomic E-state index is 0.0351. The first kappa shape index (κ1) is 19.3. The van der Waals surface area contributed by atoms with E-state index >= 15 is 0 Å². The van der Waals surface area contributed by atoms with Gasteiger partial charge >= 0.3 is 0 Å². The smallest absolute Gasteiger partial charge is 0.227 e. The first-order chi connectivity index (χ1) is 14.0. The highest BCUT2D eigenvalue weighted by Crippen LogP contribution is 2.30. The molecule has 29 heavy (non-hydrogen) atoms. The number of rotatable bonds is 4. The van der Waals surface area contributed by atoms with Gasteiger partial charge in [-0.05, 0) is 44.4 Å². The minimum Gasteiger partial charge on any atom is -0.361 e. The predicted octanol–water partition coefficient (Wildman–Crippen LogP) is 4.44. The number of hydrogen-bond donors (Lipinski definition) is 0. The van der Waals surface area contributed by atoms with Crippen LogP contribution in [-0.2, 0) is 11.2 Å². The van der Waals surface area contributed by atoms with E-state index < -0.39 is 0 Å². The molecule has 1 aliphatic rings. The summed E-state index contributed by atoms with van der Waals surface area (Å²) in [6, 6.07) is 10.5. The van der Waals surface area contributed by atoms with Crippen molar-refractivity contribution in [2.24, 2.45) is 0 Å². The number of likely N-dealkylation sites (tertiary alicyclic amines) is 1. The Labute approximate surface area is 169 Å². The van der Waals surface area contributed by atoms with Crippen molar-refractivity contribution < 1.29 is 13.7 Å². The lowest BCUT2D eigenvalue weighted by Gasteiger charge is -2.32. The topological polar surface area (TPSA) is 59.2 Å². The quantitative estimate of drug-likeness (QED) is 0.657. The fourth-order valence-corrected chi connectivity index (χ4v) is 4.05. The summed E-state index contributed by atoms with van der Waals surface area (Å²) in [7, 11) is 0. The minimum atomic E-state index is -0.328. The first-order valence-electron chi connectivity index (χ1n) is 9.93. The zero-order valence-corrected chi connectivity index (χ0v) is 16.7. The number of carbonyl (C=O) groups excluding carboxylic acids is 1. The summed E-state index contributed by atoms with van der Waals surface area (Å²) in [6.07, 6.45) is 3.85. The van der Waals surface area contributed by atoms with Gasteiger partial charge in [0.25, 0.3) is 0 Å². The summed E-state index contributed by atoms with van der Waals surface area (Å²) < 4.78 is 19.1. The highest BCUT2D eigenvalue weighted by atomic mass is 19.1. The average Bonchev–Trinajstić information content (AvgIpc) is 3.08. The average molecular weight is 393 g/mol. The number of aromatic nitrogens is 2. The Morgan fingerprint density at radius 2 is 2.07 bits per heavy atom. The van der Waals surface area contributed by atoms with Crippen LogP contribution < -0.4 is 0 Å². The maximum atomic E-state index is 13.9. The van der Waals surface area contributed by atoms with Gasteiger partial charge in [0, 0.05) is 42.0 Å². The van der Waals surface area contributed by atoms with Crippen molar-refractivity contribution in [3.05, 3.63) is 71.1 Å². The molecule has 3 aromatic rings.